The van der Waals surface area contributed by atoms with E-state index >= 15 is 0 Å². The quantitative estimate of drug-likeness (QED) is 0.725. The number of nitrogens with zero attached hydrogens (tertiary/aromatic N) is 2. The van der Waals surface area contributed by atoms with Gasteiger partial charge in [0.25, 0.3) is 0 Å². The van der Waals surface area contributed by atoms with E-state index in [1.54, 1.807) is 18.2 Å². The van der Waals surface area contributed by atoms with Gasteiger partial charge in [-0.25, -0.2) is 9.89 Å². The standard InChI is InChI=1S/C15H16Cl2N4O3S/c16-10-4-1-5-11(17)13(10)18-12(22)8-25-15-20-19-14(23)21(15)7-9-3-2-6-24-9/h1,4-5,9H,2-3,6-8H2,(H,18,22)(H,19,23)/t9-/m1/s1. The SMILES string of the molecule is O=C(CSc1n[nH]c(=O)n1C[C@H]1CCCO1)Nc1c(Cl)cccc1Cl. The Labute approximate surface area is 158 Å². The van der Waals surface area contributed by atoms with E-state index in [9.17, 15) is 9.59 Å². The summed E-state index contributed by atoms with van der Waals surface area (Å²) >= 11 is 13.2. The Kier molecular flexibility index (Phi) is 6.06. The number of thioether (sulfide) groups is 1. The highest BCUT2D eigenvalue weighted by Crippen LogP contribution is 2.30. The monoisotopic (exact) mass is 402 g/mol. The summed E-state index contributed by atoms with van der Waals surface area (Å²) in [5.74, 6) is -0.226. The number of benzene rings is 1. The number of carbonyl (C=O) groups is 1. The number of anilines is 1. The van der Waals surface area contributed by atoms with E-state index in [0.29, 0.717) is 34.0 Å². The summed E-state index contributed by atoms with van der Waals surface area (Å²) in [6.07, 6.45) is 1.90. The van der Waals surface area contributed by atoms with Crippen molar-refractivity contribution in [2.75, 3.05) is 17.7 Å². The molecule has 2 heterocycles. The van der Waals surface area contributed by atoms with E-state index in [2.05, 4.69) is 15.5 Å². The number of hydrogen-bond donors (Lipinski definition) is 2. The fourth-order valence-electron chi connectivity index (χ4n) is 2.49. The molecule has 1 fully saturated rings. The van der Waals surface area contributed by atoms with Crippen LogP contribution in [0.4, 0.5) is 5.69 Å². The molecule has 1 aromatic heterocycles. The molecular weight excluding hydrogens is 387 g/mol. The van der Waals surface area contributed by atoms with Crippen LogP contribution in [-0.2, 0) is 16.1 Å². The molecule has 2 aromatic rings. The van der Waals surface area contributed by atoms with Crippen LogP contribution in [0.1, 0.15) is 12.8 Å². The molecule has 1 aliphatic heterocycles. The molecule has 1 atom stereocenters. The number of aromatic nitrogens is 3. The third kappa shape index (κ3) is 4.58. The Balaban J connectivity index is 1.61. The van der Waals surface area contributed by atoms with E-state index < -0.39 is 0 Å². The Morgan fingerprint density at radius 3 is 2.88 bits per heavy atom. The summed E-state index contributed by atoms with van der Waals surface area (Å²) in [5.41, 5.74) is 0.0581. The maximum absolute atomic E-state index is 12.2. The summed E-state index contributed by atoms with van der Waals surface area (Å²) in [6.45, 7) is 1.14. The van der Waals surface area contributed by atoms with Crippen LogP contribution in [-0.4, -0.2) is 39.1 Å². The lowest BCUT2D eigenvalue weighted by Crippen LogP contribution is -2.25. The summed E-state index contributed by atoms with van der Waals surface area (Å²) < 4.78 is 7.04. The highest BCUT2D eigenvalue weighted by Gasteiger charge is 2.20. The van der Waals surface area contributed by atoms with Crippen LogP contribution in [0.15, 0.2) is 28.2 Å². The van der Waals surface area contributed by atoms with Gasteiger partial charge in [0.1, 0.15) is 0 Å². The van der Waals surface area contributed by atoms with Gasteiger partial charge in [-0.15, -0.1) is 5.10 Å². The summed E-state index contributed by atoms with van der Waals surface area (Å²) in [7, 11) is 0. The molecule has 0 radical (unpaired) electrons. The molecule has 1 amide bonds. The van der Waals surface area contributed by atoms with Crippen LogP contribution < -0.4 is 11.0 Å². The number of H-pyrrole nitrogens is 1. The number of ether oxygens (including phenoxy) is 1. The number of carbonyl (C=O) groups excluding carboxylic acids is 1. The molecule has 0 bridgehead atoms. The van der Waals surface area contributed by atoms with Gasteiger partial charge in [0.05, 0.1) is 34.1 Å². The normalized spacial score (nSPS) is 17.0. The molecule has 0 saturated carbocycles. The highest BCUT2D eigenvalue weighted by molar-refractivity contribution is 7.99. The zero-order chi connectivity index (χ0) is 17.8. The second-order valence-corrected chi connectivity index (χ2v) is 7.25. The van der Waals surface area contributed by atoms with E-state index in [1.807, 2.05) is 0 Å². The van der Waals surface area contributed by atoms with Crippen molar-refractivity contribution in [1.82, 2.24) is 14.8 Å². The number of halogens is 2. The summed E-state index contributed by atoms with van der Waals surface area (Å²) in [4.78, 5) is 24.0. The maximum Gasteiger partial charge on any atom is 0.344 e. The number of hydrogen-bond acceptors (Lipinski definition) is 5. The Morgan fingerprint density at radius 2 is 2.20 bits per heavy atom. The molecule has 25 heavy (non-hydrogen) atoms. The van der Waals surface area contributed by atoms with Crippen LogP contribution in [0.5, 0.6) is 0 Å². The molecule has 10 heteroatoms. The van der Waals surface area contributed by atoms with Crippen LogP contribution in [0.3, 0.4) is 0 Å². The molecule has 1 aliphatic rings. The van der Waals surface area contributed by atoms with Crippen molar-refractivity contribution in [3.8, 4) is 0 Å². The zero-order valence-electron chi connectivity index (χ0n) is 13.1. The van der Waals surface area contributed by atoms with Gasteiger partial charge < -0.3 is 10.1 Å². The zero-order valence-corrected chi connectivity index (χ0v) is 15.5. The van der Waals surface area contributed by atoms with Gasteiger partial charge in [-0.3, -0.25) is 9.36 Å². The molecule has 7 nitrogen and oxygen atoms in total. The number of rotatable bonds is 6. The average molecular weight is 403 g/mol. The minimum absolute atomic E-state index is 0.00501. The first-order valence-electron chi connectivity index (χ1n) is 7.68. The fourth-order valence-corrected chi connectivity index (χ4v) is 3.74. The van der Waals surface area contributed by atoms with Gasteiger partial charge in [0.2, 0.25) is 5.91 Å². The Hall–Kier alpha value is -1.48. The molecule has 0 aliphatic carbocycles. The van der Waals surface area contributed by atoms with Gasteiger partial charge in [-0.2, -0.15) is 0 Å². The molecule has 0 unspecified atom stereocenters. The molecule has 134 valence electrons. The number of nitrogens with one attached hydrogen (secondary N) is 2. The highest BCUT2D eigenvalue weighted by atomic mass is 35.5. The van der Waals surface area contributed by atoms with Gasteiger partial charge in [-0.1, -0.05) is 41.0 Å². The number of aromatic amines is 1. The third-order valence-corrected chi connectivity index (χ3v) is 5.30. The fraction of sp³-hybridized carbons (Fsp3) is 0.400. The van der Waals surface area contributed by atoms with E-state index in [1.165, 1.54) is 4.57 Å². The van der Waals surface area contributed by atoms with Gasteiger partial charge >= 0.3 is 5.69 Å². The average Bonchev–Trinajstić information content (AvgIpc) is 3.21. The second-order valence-electron chi connectivity index (χ2n) is 5.49. The predicted molar refractivity (Wildman–Crippen MR) is 97.6 cm³/mol. The van der Waals surface area contributed by atoms with Gasteiger partial charge in [0.15, 0.2) is 5.16 Å². The van der Waals surface area contributed by atoms with Crippen molar-refractivity contribution in [1.29, 1.82) is 0 Å². The van der Waals surface area contributed by atoms with E-state index in [0.717, 1.165) is 24.6 Å². The Morgan fingerprint density at radius 1 is 1.44 bits per heavy atom. The van der Waals surface area contributed by atoms with Crippen LogP contribution in [0.2, 0.25) is 10.0 Å². The molecule has 1 saturated heterocycles. The maximum atomic E-state index is 12.2. The smallest absolute Gasteiger partial charge is 0.344 e. The second kappa shape index (κ2) is 8.27. The number of amides is 1. The largest absolute Gasteiger partial charge is 0.376 e. The lowest BCUT2D eigenvalue weighted by atomic mass is 10.2. The van der Waals surface area contributed by atoms with E-state index in [4.69, 9.17) is 27.9 Å². The Bertz CT molecular complexity index is 797. The van der Waals surface area contributed by atoms with Crippen molar-refractivity contribution >= 4 is 46.6 Å². The topological polar surface area (TPSA) is 89.0 Å². The lowest BCUT2D eigenvalue weighted by Gasteiger charge is -2.11. The van der Waals surface area contributed by atoms with Gasteiger partial charge in [-0.05, 0) is 25.0 Å². The molecule has 1 aromatic carbocycles. The molecular formula is C15H16Cl2N4O3S. The van der Waals surface area contributed by atoms with Crippen molar-refractivity contribution in [3.63, 3.8) is 0 Å². The van der Waals surface area contributed by atoms with E-state index in [-0.39, 0.29) is 23.5 Å². The van der Waals surface area contributed by atoms with Crippen molar-refractivity contribution in [2.24, 2.45) is 0 Å². The first-order chi connectivity index (χ1) is 12.0. The first-order valence-corrected chi connectivity index (χ1v) is 9.42. The van der Waals surface area contributed by atoms with Crippen molar-refractivity contribution in [2.45, 2.75) is 30.6 Å². The molecule has 0 spiro atoms. The van der Waals surface area contributed by atoms with Crippen LogP contribution in [0, 0.1) is 0 Å². The van der Waals surface area contributed by atoms with Crippen LogP contribution in [0.25, 0.3) is 0 Å². The minimum atomic E-state index is -0.312. The predicted octanol–water partition coefficient (Wildman–Crippen LogP) is 2.79. The lowest BCUT2D eigenvalue weighted by molar-refractivity contribution is -0.113. The minimum Gasteiger partial charge on any atom is -0.376 e. The molecule has 2 N–H and O–H groups in total. The third-order valence-electron chi connectivity index (χ3n) is 3.69. The summed E-state index contributed by atoms with van der Waals surface area (Å²) in [5, 5.41) is 10.2. The van der Waals surface area contributed by atoms with Gasteiger partial charge in [0, 0.05) is 6.61 Å². The summed E-state index contributed by atoms with van der Waals surface area (Å²) in [6, 6.07) is 4.98. The number of para-hydroxylation sites is 1. The molecule has 3 rings (SSSR count). The van der Waals surface area contributed by atoms with Crippen molar-refractivity contribution in [3.05, 3.63) is 38.7 Å². The van der Waals surface area contributed by atoms with Crippen molar-refractivity contribution < 1.29 is 9.53 Å². The first kappa shape index (κ1) is 18.3. The van der Waals surface area contributed by atoms with Crippen LogP contribution >= 0.6 is 35.0 Å².